The molecule has 0 unspecified atom stereocenters. The Kier molecular flexibility index (Phi) is 10.5. The van der Waals surface area contributed by atoms with E-state index in [0.717, 1.165) is 24.3 Å². The average molecular weight is 457 g/mol. The zero-order valence-corrected chi connectivity index (χ0v) is 20.0. The van der Waals surface area contributed by atoms with Gasteiger partial charge in [-0.3, -0.25) is 0 Å². The molecule has 0 aromatic heterocycles. The quantitative estimate of drug-likeness (QED) is 0.252. The van der Waals surface area contributed by atoms with E-state index in [1.807, 2.05) is 24.3 Å². The predicted molar refractivity (Wildman–Crippen MR) is 130 cm³/mol. The van der Waals surface area contributed by atoms with E-state index < -0.39 is 0 Å². The highest BCUT2D eigenvalue weighted by molar-refractivity contribution is 5.41. The lowest BCUT2D eigenvalue weighted by Gasteiger charge is -2.26. The molecule has 0 saturated heterocycles. The number of hydrogen-bond acceptors (Lipinski definition) is 6. The highest BCUT2D eigenvalue weighted by atomic mass is 16.5. The number of ether oxygens (including phenoxy) is 4. The van der Waals surface area contributed by atoms with Crippen molar-refractivity contribution in [3.8, 4) is 11.5 Å². The normalized spacial score (nSPS) is 12.4. The van der Waals surface area contributed by atoms with Crippen LogP contribution >= 0.6 is 0 Å². The lowest BCUT2D eigenvalue weighted by molar-refractivity contribution is 0.197. The van der Waals surface area contributed by atoms with Crippen molar-refractivity contribution in [1.82, 2.24) is 0 Å². The van der Waals surface area contributed by atoms with Crippen LogP contribution in [0.4, 0.5) is 0 Å². The number of benzene rings is 2. The number of aliphatic hydroxyl groups excluding tert-OH is 2. The highest BCUT2D eigenvalue weighted by Gasteiger charge is 2.23. The molecule has 33 heavy (non-hydrogen) atoms. The van der Waals surface area contributed by atoms with Crippen molar-refractivity contribution in [3.05, 3.63) is 83.7 Å². The molecule has 0 radical (unpaired) electrons. The third kappa shape index (κ3) is 9.39. The minimum Gasteiger partial charge on any atom is -0.509 e. The van der Waals surface area contributed by atoms with Crippen molar-refractivity contribution in [3.63, 3.8) is 0 Å². The van der Waals surface area contributed by atoms with E-state index in [4.69, 9.17) is 29.2 Å². The third-order valence-corrected chi connectivity index (χ3v) is 5.01. The molecule has 2 N–H and O–H groups in total. The Bertz CT molecular complexity index is 800. The molecule has 0 fully saturated rings. The van der Waals surface area contributed by atoms with E-state index in [9.17, 15) is 0 Å². The Morgan fingerprint density at radius 3 is 1.36 bits per heavy atom. The van der Waals surface area contributed by atoms with Crippen molar-refractivity contribution < 1.29 is 29.2 Å². The Morgan fingerprint density at radius 1 is 0.667 bits per heavy atom. The molecule has 180 valence electrons. The van der Waals surface area contributed by atoms with Gasteiger partial charge in [0.05, 0.1) is 26.4 Å². The zero-order chi connectivity index (χ0) is 24.1. The van der Waals surface area contributed by atoms with Gasteiger partial charge in [-0.05, 0) is 49.2 Å². The van der Waals surface area contributed by atoms with Gasteiger partial charge in [0.25, 0.3) is 0 Å². The summed E-state index contributed by atoms with van der Waals surface area (Å²) in [5.74, 6) is 1.95. The standard InChI is InChI=1S/C27H36O6/c1-21(28)19-30-15-5-17-32-25-11-7-23(8-12-25)27(3,4)24-9-13-26(14-10-24)33-18-6-16-31-20-22(2)29/h7-14,19-20,28-29H,5-6,15-18H2,1-4H3/b21-19+,22-20+. The minimum atomic E-state index is -0.165. The van der Waals surface area contributed by atoms with E-state index in [2.05, 4.69) is 38.1 Å². The van der Waals surface area contributed by atoms with Gasteiger partial charge < -0.3 is 29.2 Å². The van der Waals surface area contributed by atoms with Crippen LogP contribution in [0.1, 0.15) is 51.7 Å². The molecule has 0 atom stereocenters. The Labute approximate surface area is 197 Å². The highest BCUT2D eigenvalue weighted by Crippen LogP contribution is 2.33. The first-order valence-electron chi connectivity index (χ1n) is 11.2. The first-order valence-corrected chi connectivity index (χ1v) is 11.2. The third-order valence-electron chi connectivity index (χ3n) is 5.01. The van der Waals surface area contributed by atoms with Gasteiger partial charge in [0, 0.05) is 18.3 Å². The Balaban J connectivity index is 1.82. The maximum atomic E-state index is 9.04. The molecule has 0 spiro atoms. The van der Waals surface area contributed by atoms with E-state index in [0.29, 0.717) is 26.4 Å². The van der Waals surface area contributed by atoms with Crippen LogP contribution in [0.5, 0.6) is 11.5 Å². The van der Waals surface area contributed by atoms with Crippen molar-refractivity contribution in [2.75, 3.05) is 26.4 Å². The summed E-state index contributed by atoms with van der Waals surface area (Å²) in [5.41, 5.74) is 2.22. The van der Waals surface area contributed by atoms with Gasteiger partial charge in [-0.15, -0.1) is 0 Å². The van der Waals surface area contributed by atoms with E-state index in [1.165, 1.54) is 23.7 Å². The van der Waals surface area contributed by atoms with Gasteiger partial charge in [-0.2, -0.15) is 0 Å². The lowest BCUT2D eigenvalue weighted by Crippen LogP contribution is -2.18. The van der Waals surface area contributed by atoms with Crippen LogP contribution in [0.3, 0.4) is 0 Å². The smallest absolute Gasteiger partial charge is 0.123 e. The predicted octanol–water partition coefficient (Wildman–Crippen LogP) is 6.42. The second-order valence-electron chi connectivity index (χ2n) is 8.34. The maximum Gasteiger partial charge on any atom is 0.123 e. The van der Waals surface area contributed by atoms with Gasteiger partial charge in [0.1, 0.15) is 35.5 Å². The van der Waals surface area contributed by atoms with Crippen LogP contribution in [0, 0.1) is 0 Å². The van der Waals surface area contributed by atoms with Crippen LogP contribution in [-0.2, 0) is 14.9 Å². The van der Waals surface area contributed by atoms with E-state index in [-0.39, 0.29) is 16.9 Å². The largest absolute Gasteiger partial charge is 0.509 e. The molecule has 0 amide bonds. The molecule has 6 heteroatoms. The molecule has 0 aliphatic heterocycles. The van der Waals surface area contributed by atoms with Crippen LogP contribution in [-0.4, -0.2) is 36.6 Å². The molecule has 2 rings (SSSR count). The summed E-state index contributed by atoms with van der Waals surface area (Å²) in [4.78, 5) is 0. The van der Waals surface area contributed by atoms with Gasteiger partial charge in [0.15, 0.2) is 0 Å². The van der Waals surface area contributed by atoms with Gasteiger partial charge in [-0.25, -0.2) is 0 Å². The monoisotopic (exact) mass is 456 g/mol. The molecule has 0 aliphatic rings. The molecule has 0 saturated carbocycles. The van der Waals surface area contributed by atoms with Gasteiger partial charge in [-0.1, -0.05) is 38.1 Å². The summed E-state index contributed by atoms with van der Waals surface area (Å²) in [6.45, 7) is 9.62. The number of aliphatic hydroxyl groups is 2. The lowest BCUT2D eigenvalue weighted by atomic mass is 9.78. The summed E-state index contributed by atoms with van der Waals surface area (Å²) in [7, 11) is 0. The van der Waals surface area contributed by atoms with Crippen LogP contribution in [0.2, 0.25) is 0 Å². The number of hydrogen-bond donors (Lipinski definition) is 2. The summed E-state index contributed by atoms with van der Waals surface area (Å²) in [6.07, 6.45) is 4.14. The van der Waals surface area contributed by atoms with Crippen molar-refractivity contribution in [2.45, 2.75) is 46.0 Å². The fourth-order valence-corrected chi connectivity index (χ4v) is 3.13. The SMILES string of the molecule is C/C(O)=C\OCCCOc1ccc(C(C)(C)c2ccc(OCCCO/C=C(\C)O)cc2)cc1. The van der Waals surface area contributed by atoms with E-state index in [1.54, 1.807) is 13.8 Å². The maximum absolute atomic E-state index is 9.04. The molecule has 2 aromatic rings. The van der Waals surface area contributed by atoms with Crippen LogP contribution in [0.25, 0.3) is 0 Å². The molecule has 0 aliphatic carbocycles. The second-order valence-corrected chi connectivity index (χ2v) is 8.34. The molecule has 6 nitrogen and oxygen atoms in total. The fourth-order valence-electron chi connectivity index (χ4n) is 3.13. The van der Waals surface area contributed by atoms with Gasteiger partial charge >= 0.3 is 0 Å². The van der Waals surface area contributed by atoms with Crippen molar-refractivity contribution in [2.24, 2.45) is 0 Å². The molecular weight excluding hydrogens is 420 g/mol. The first kappa shape index (κ1) is 26.0. The van der Waals surface area contributed by atoms with Crippen LogP contribution in [0.15, 0.2) is 72.6 Å². The summed E-state index contributed by atoms with van der Waals surface area (Å²) >= 11 is 0. The molecular formula is C27H36O6. The fraction of sp³-hybridized carbons (Fsp3) is 0.407. The second kappa shape index (κ2) is 13.3. The molecule has 2 aromatic carbocycles. The molecule has 0 bridgehead atoms. The summed E-state index contributed by atoms with van der Waals surface area (Å²) in [5, 5.41) is 18.1. The summed E-state index contributed by atoms with van der Waals surface area (Å²) < 4.78 is 21.9. The molecule has 0 heterocycles. The number of allylic oxidation sites excluding steroid dienone is 2. The zero-order valence-electron chi connectivity index (χ0n) is 20.0. The average Bonchev–Trinajstić information content (AvgIpc) is 2.78. The van der Waals surface area contributed by atoms with Crippen molar-refractivity contribution in [1.29, 1.82) is 0 Å². The first-order chi connectivity index (χ1) is 15.8. The Morgan fingerprint density at radius 2 is 1.03 bits per heavy atom. The minimum absolute atomic E-state index is 0.157. The van der Waals surface area contributed by atoms with Crippen molar-refractivity contribution >= 4 is 0 Å². The van der Waals surface area contributed by atoms with E-state index >= 15 is 0 Å². The summed E-state index contributed by atoms with van der Waals surface area (Å²) in [6, 6.07) is 16.3. The topological polar surface area (TPSA) is 77.4 Å². The van der Waals surface area contributed by atoms with Gasteiger partial charge in [0.2, 0.25) is 0 Å². The Hall–Kier alpha value is -3.28. The van der Waals surface area contributed by atoms with Crippen LogP contribution < -0.4 is 9.47 Å². The number of rotatable bonds is 14.